The Bertz CT molecular complexity index is 107. The van der Waals surface area contributed by atoms with Crippen molar-refractivity contribution in [1.82, 2.24) is 10.2 Å². The van der Waals surface area contributed by atoms with Crippen LogP contribution in [0.1, 0.15) is 12.8 Å². The summed E-state index contributed by atoms with van der Waals surface area (Å²) in [6, 6.07) is 0. The molecule has 0 aromatic rings. The average Bonchev–Trinajstić information content (AvgIpc) is 2.39. The summed E-state index contributed by atoms with van der Waals surface area (Å²) < 4.78 is 0. The highest BCUT2D eigenvalue weighted by Crippen LogP contribution is 2.41. The predicted molar refractivity (Wildman–Crippen MR) is 32.6 cm³/mol. The second kappa shape index (κ2) is 1.25. The Kier molecular flexibility index (Phi) is 0.746. The molecule has 1 saturated carbocycles. The first-order valence-electron chi connectivity index (χ1n) is 3.25. The topological polar surface area (TPSA) is 15.3 Å². The number of nitrogens with zero attached hydrogens (tertiary/aromatic N) is 1. The molecule has 1 aliphatic carbocycles. The second-order valence-electron chi connectivity index (χ2n) is 3.01. The van der Waals surface area contributed by atoms with Crippen LogP contribution in [0, 0.1) is 0 Å². The standard InChI is InChI=1S/C6H12N2/c1-8-5-7-4-6(8)2-3-6/h7H,2-5H2,1H3. The first-order chi connectivity index (χ1) is 3.83. The van der Waals surface area contributed by atoms with Gasteiger partial charge in [-0.3, -0.25) is 4.90 Å². The van der Waals surface area contributed by atoms with E-state index in [9.17, 15) is 0 Å². The molecule has 1 heterocycles. The smallest absolute Gasteiger partial charge is 0.0483 e. The van der Waals surface area contributed by atoms with Crippen molar-refractivity contribution in [2.45, 2.75) is 18.4 Å². The molecule has 0 bridgehead atoms. The van der Waals surface area contributed by atoms with Crippen LogP contribution in [0.4, 0.5) is 0 Å². The molecule has 46 valence electrons. The maximum atomic E-state index is 3.35. The lowest BCUT2D eigenvalue weighted by Gasteiger charge is -2.14. The predicted octanol–water partition coefficient (Wildman–Crippen LogP) is 0.0115. The molecular weight excluding hydrogens is 100 g/mol. The van der Waals surface area contributed by atoms with Crippen molar-refractivity contribution in [3.05, 3.63) is 0 Å². The summed E-state index contributed by atoms with van der Waals surface area (Å²) in [5.41, 5.74) is 0.625. The van der Waals surface area contributed by atoms with Gasteiger partial charge in [0.1, 0.15) is 0 Å². The monoisotopic (exact) mass is 112 g/mol. The molecule has 2 heteroatoms. The molecule has 1 N–H and O–H groups in total. The summed E-state index contributed by atoms with van der Waals surface area (Å²) in [5.74, 6) is 0. The summed E-state index contributed by atoms with van der Waals surface area (Å²) in [6.45, 7) is 2.32. The average molecular weight is 112 g/mol. The Morgan fingerprint density at radius 1 is 1.50 bits per heavy atom. The molecule has 8 heavy (non-hydrogen) atoms. The molecule has 0 radical (unpaired) electrons. The third-order valence-corrected chi connectivity index (χ3v) is 2.44. The molecule has 0 aromatic carbocycles. The van der Waals surface area contributed by atoms with Crippen LogP contribution in [-0.2, 0) is 0 Å². The minimum Gasteiger partial charge on any atom is -0.302 e. The molecule has 2 fully saturated rings. The fourth-order valence-corrected chi connectivity index (χ4v) is 1.46. The quantitative estimate of drug-likeness (QED) is 0.475. The zero-order chi connectivity index (χ0) is 5.61. The lowest BCUT2D eigenvalue weighted by Crippen LogP contribution is -2.28. The lowest BCUT2D eigenvalue weighted by atomic mass is 10.3. The summed E-state index contributed by atoms with van der Waals surface area (Å²) in [7, 11) is 2.20. The molecule has 1 aliphatic heterocycles. The van der Waals surface area contributed by atoms with Gasteiger partial charge in [0, 0.05) is 18.8 Å². The van der Waals surface area contributed by atoms with Gasteiger partial charge in [-0.2, -0.15) is 0 Å². The van der Waals surface area contributed by atoms with Crippen molar-refractivity contribution in [3.63, 3.8) is 0 Å². The summed E-state index contributed by atoms with van der Waals surface area (Å²) >= 11 is 0. The first kappa shape index (κ1) is 4.77. The van der Waals surface area contributed by atoms with E-state index < -0.39 is 0 Å². The Morgan fingerprint density at radius 3 is 2.50 bits per heavy atom. The van der Waals surface area contributed by atoms with E-state index >= 15 is 0 Å². The zero-order valence-electron chi connectivity index (χ0n) is 5.28. The van der Waals surface area contributed by atoms with Gasteiger partial charge in [-0.1, -0.05) is 0 Å². The number of likely N-dealkylation sites (N-methyl/N-ethyl adjacent to an activating group) is 1. The van der Waals surface area contributed by atoms with E-state index in [1.165, 1.54) is 19.4 Å². The van der Waals surface area contributed by atoms with E-state index in [1.807, 2.05) is 0 Å². The third kappa shape index (κ3) is 0.446. The Labute approximate surface area is 49.9 Å². The van der Waals surface area contributed by atoms with Crippen LogP contribution in [0.25, 0.3) is 0 Å². The van der Waals surface area contributed by atoms with E-state index in [1.54, 1.807) is 0 Å². The van der Waals surface area contributed by atoms with Crippen LogP contribution < -0.4 is 5.32 Å². The molecule has 0 unspecified atom stereocenters. The molecular formula is C6H12N2. The normalized spacial score (nSPS) is 34.1. The Balaban J connectivity index is 2.12. The van der Waals surface area contributed by atoms with Crippen molar-refractivity contribution in [1.29, 1.82) is 0 Å². The minimum absolute atomic E-state index is 0.625. The first-order valence-corrected chi connectivity index (χ1v) is 3.25. The van der Waals surface area contributed by atoms with E-state index in [-0.39, 0.29) is 0 Å². The highest BCUT2D eigenvalue weighted by Gasteiger charge is 2.48. The third-order valence-electron chi connectivity index (χ3n) is 2.44. The highest BCUT2D eigenvalue weighted by atomic mass is 15.3. The van der Waals surface area contributed by atoms with Crippen molar-refractivity contribution in [3.8, 4) is 0 Å². The molecule has 0 atom stereocenters. The Hall–Kier alpha value is -0.0800. The second-order valence-corrected chi connectivity index (χ2v) is 3.01. The van der Waals surface area contributed by atoms with Gasteiger partial charge in [-0.25, -0.2) is 0 Å². The van der Waals surface area contributed by atoms with Gasteiger partial charge in [-0.15, -0.1) is 0 Å². The maximum Gasteiger partial charge on any atom is 0.0483 e. The van der Waals surface area contributed by atoms with Gasteiger partial charge in [0.25, 0.3) is 0 Å². The van der Waals surface area contributed by atoms with Gasteiger partial charge in [0.05, 0.1) is 0 Å². The Morgan fingerprint density at radius 2 is 2.25 bits per heavy atom. The highest BCUT2D eigenvalue weighted by molar-refractivity contribution is 5.07. The van der Waals surface area contributed by atoms with Crippen LogP contribution in [0.15, 0.2) is 0 Å². The van der Waals surface area contributed by atoms with E-state index in [2.05, 4.69) is 17.3 Å². The van der Waals surface area contributed by atoms with Crippen LogP contribution in [-0.4, -0.2) is 30.7 Å². The van der Waals surface area contributed by atoms with Crippen molar-refractivity contribution < 1.29 is 0 Å². The molecule has 1 spiro atoms. The molecule has 0 amide bonds. The van der Waals surface area contributed by atoms with Crippen molar-refractivity contribution in [2.24, 2.45) is 0 Å². The van der Waals surface area contributed by atoms with E-state index in [0.717, 1.165) is 6.67 Å². The number of nitrogens with one attached hydrogen (secondary N) is 1. The van der Waals surface area contributed by atoms with Crippen LogP contribution in [0.5, 0.6) is 0 Å². The van der Waals surface area contributed by atoms with Gasteiger partial charge < -0.3 is 5.32 Å². The fraction of sp³-hybridized carbons (Fsp3) is 1.00. The van der Waals surface area contributed by atoms with Gasteiger partial charge in [0.2, 0.25) is 0 Å². The molecule has 0 aromatic heterocycles. The van der Waals surface area contributed by atoms with Gasteiger partial charge in [-0.05, 0) is 19.9 Å². The van der Waals surface area contributed by atoms with Crippen LogP contribution in [0.3, 0.4) is 0 Å². The maximum absolute atomic E-state index is 3.35. The largest absolute Gasteiger partial charge is 0.302 e. The molecule has 2 aliphatic rings. The van der Waals surface area contributed by atoms with Crippen molar-refractivity contribution in [2.75, 3.05) is 20.3 Å². The summed E-state index contributed by atoms with van der Waals surface area (Å²) in [5, 5.41) is 3.35. The van der Waals surface area contributed by atoms with Crippen molar-refractivity contribution >= 4 is 0 Å². The zero-order valence-corrected chi connectivity index (χ0v) is 5.28. The van der Waals surface area contributed by atoms with Crippen LogP contribution >= 0.6 is 0 Å². The number of hydrogen-bond donors (Lipinski definition) is 1. The molecule has 1 saturated heterocycles. The van der Waals surface area contributed by atoms with Gasteiger partial charge >= 0.3 is 0 Å². The number of rotatable bonds is 0. The number of hydrogen-bond acceptors (Lipinski definition) is 2. The van der Waals surface area contributed by atoms with Crippen LogP contribution in [0.2, 0.25) is 0 Å². The van der Waals surface area contributed by atoms with E-state index in [0.29, 0.717) is 5.54 Å². The lowest BCUT2D eigenvalue weighted by molar-refractivity contribution is 0.298. The molecule has 2 rings (SSSR count). The van der Waals surface area contributed by atoms with Gasteiger partial charge in [0.15, 0.2) is 0 Å². The summed E-state index contributed by atoms with van der Waals surface area (Å²) in [4.78, 5) is 2.42. The van der Waals surface area contributed by atoms with E-state index in [4.69, 9.17) is 0 Å². The summed E-state index contributed by atoms with van der Waals surface area (Å²) in [6.07, 6.45) is 2.83. The minimum atomic E-state index is 0.625. The molecule has 2 nitrogen and oxygen atoms in total. The SMILES string of the molecule is CN1CNCC12CC2. The fourth-order valence-electron chi connectivity index (χ4n) is 1.46.